The summed E-state index contributed by atoms with van der Waals surface area (Å²) in [4.78, 5) is 64.6. The van der Waals surface area contributed by atoms with Crippen molar-refractivity contribution in [2.24, 2.45) is 0 Å². The molecule has 1 unspecified atom stereocenters. The Morgan fingerprint density at radius 1 is 1.05 bits per heavy atom. The lowest BCUT2D eigenvalue weighted by Gasteiger charge is -2.35. The number of carbonyl (C=O) groups is 4. The highest BCUT2D eigenvalue weighted by molar-refractivity contribution is 5.96. The lowest BCUT2D eigenvalue weighted by atomic mass is 10.1. The Bertz CT molecular complexity index is 1250. The number of nitrogens with zero attached hydrogens (tertiary/aromatic N) is 5. The van der Waals surface area contributed by atoms with E-state index in [1.807, 2.05) is 37.4 Å². The first-order valence-corrected chi connectivity index (χ1v) is 14.3. The number of carboxylic acids is 1. The van der Waals surface area contributed by atoms with Gasteiger partial charge in [0, 0.05) is 50.8 Å². The Morgan fingerprint density at radius 2 is 1.76 bits per heavy atom. The summed E-state index contributed by atoms with van der Waals surface area (Å²) in [6.45, 7) is 4.68. The van der Waals surface area contributed by atoms with E-state index < -0.39 is 29.9 Å². The van der Waals surface area contributed by atoms with Gasteiger partial charge in [0.25, 0.3) is 5.91 Å². The minimum atomic E-state index is -1.10. The van der Waals surface area contributed by atoms with Crippen LogP contribution >= 0.6 is 0 Å². The number of aliphatic carboxylic acids is 1. The van der Waals surface area contributed by atoms with Crippen LogP contribution in [-0.4, -0.2) is 119 Å². The first kappa shape index (κ1) is 30.7. The van der Waals surface area contributed by atoms with Crippen molar-refractivity contribution >= 4 is 23.9 Å². The zero-order valence-corrected chi connectivity index (χ0v) is 24.0. The van der Waals surface area contributed by atoms with Crippen LogP contribution in [0.5, 0.6) is 5.88 Å². The minimum absolute atomic E-state index is 0.00303. The maximum atomic E-state index is 13.5. The molecule has 2 N–H and O–H groups in total. The zero-order chi connectivity index (χ0) is 30.1. The van der Waals surface area contributed by atoms with Crippen molar-refractivity contribution in [1.29, 1.82) is 0 Å². The number of likely N-dealkylation sites (tertiary alicyclic amines) is 1. The van der Waals surface area contributed by atoms with Crippen LogP contribution in [-0.2, 0) is 14.3 Å². The first-order valence-electron chi connectivity index (χ1n) is 14.3. The number of piperazine rings is 1. The lowest BCUT2D eigenvalue weighted by Crippen LogP contribution is -2.56. The number of ether oxygens (including phenoxy) is 2. The van der Waals surface area contributed by atoms with E-state index in [0.717, 1.165) is 25.9 Å². The number of piperidine rings is 1. The molecular formula is C29H38N6O7. The fourth-order valence-corrected chi connectivity index (χ4v) is 5.01. The Hall–Kier alpha value is -4.26. The summed E-state index contributed by atoms with van der Waals surface area (Å²) >= 11 is 0. The molecule has 1 aromatic carbocycles. The largest absolute Gasteiger partial charge is 0.481 e. The average molecular weight is 583 g/mol. The monoisotopic (exact) mass is 582 g/mol. The highest BCUT2D eigenvalue weighted by Gasteiger charge is 2.31. The zero-order valence-electron chi connectivity index (χ0n) is 24.0. The molecule has 2 aliphatic rings. The van der Waals surface area contributed by atoms with Gasteiger partial charge in [-0.2, -0.15) is 4.98 Å². The number of carbonyl (C=O) groups excluding carboxylic acids is 3. The van der Waals surface area contributed by atoms with Gasteiger partial charge in [0.1, 0.15) is 17.8 Å². The molecule has 0 saturated carbocycles. The van der Waals surface area contributed by atoms with E-state index in [1.54, 1.807) is 6.92 Å². The number of carboxylic acid groups (broad SMARTS) is 1. The third-order valence-corrected chi connectivity index (χ3v) is 7.20. The second-order valence-electron chi connectivity index (χ2n) is 10.4. The summed E-state index contributed by atoms with van der Waals surface area (Å²) in [6.07, 6.45) is 0.861. The number of hydrogen-bond donors (Lipinski definition) is 2. The molecule has 0 aliphatic carbocycles. The number of rotatable bonds is 10. The third-order valence-electron chi connectivity index (χ3n) is 7.20. The maximum absolute atomic E-state index is 13.5. The Kier molecular flexibility index (Phi) is 10.7. The molecule has 226 valence electrons. The molecule has 2 aliphatic heterocycles. The molecule has 2 aromatic rings. The molecule has 3 heterocycles. The molecule has 1 aromatic heterocycles. The molecule has 0 bridgehead atoms. The van der Waals surface area contributed by atoms with E-state index in [-0.39, 0.29) is 63.3 Å². The van der Waals surface area contributed by atoms with Gasteiger partial charge in [-0.3, -0.25) is 14.4 Å². The fraction of sp³-hybridized carbons (Fsp3) is 0.517. The predicted octanol–water partition coefficient (Wildman–Crippen LogP) is 1.88. The normalized spacial score (nSPS) is 18.2. The first-order chi connectivity index (χ1) is 20.2. The van der Waals surface area contributed by atoms with E-state index in [1.165, 1.54) is 15.9 Å². The van der Waals surface area contributed by atoms with E-state index >= 15 is 0 Å². The van der Waals surface area contributed by atoms with Gasteiger partial charge in [0.2, 0.25) is 11.8 Å². The number of hydrogen-bond acceptors (Lipinski definition) is 9. The van der Waals surface area contributed by atoms with Crippen molar-refractivity contribution in [3.8, 4) is 17.3 Å². The lowest BCUT2D eigenvalue weighted by molar-refractivity contribution is -0.138. The molecule has 3 amide bonds. The molecule has 13 heteroatoms. The number of benzene rings is 1. The standard InChI is InChI=1S/C29H38N6O7/c1-3-41-29(40)35-16-14-34(15-17-35)28(39)22(11-12-25(36)37)31-27(38)23-18-24(42-21-10-7-13-33(2)19-21)32-26(30-23)20-8-5-4-6-9-20/h4-6,8-9,18,21-22H,3,7,10-17,19H2,1-2H3,(H,31,38)(H,36,37)/t21-,22?/m0/s1. The summed E-state index contributed by atoms with van der Waals surface area (Å²) in [5.74, 6) is -1.61. The van der Waals surface area contributed by atoms with E-state index in [0.29, 0.717) is 11.4 Å². The summed E-state index contributed by atoms with van der Waals surface area (Å²) in [5.41, 5.74) is 0.694. The average Bonchev–Trinajstić information content (AvgIpc) is 2.99. The molecule has 2 fully saturated rings. The molecule has 13 nitrogen and oxygen atoms in total. The molecule has 42 heavy (non-hydrogen) atoms. The van der Waals surface area contributed by atoms with Gasteiger partial charge in [0.05, 0.1) is 6.61 Å². The van der Waals surface area contributed by atoms with Crippen LogP contribution in [0, 0.1) is 0 Å². The third kappa shape index (κ3) is 8.38. The van der Waals surface area contributed by atoms with E-state index in [9.17, 15) is 24.3 Å². The summed E-state index contributed by atoms with van der Waals surface area (Å²) in [6, 6.07) is 9.53. The van der Waals surface area contributed by atoms with Gasteiger partial charge >= 0.3 is 12.1 Å². The molecule has 2 atom stereocenters. The van der Waals surface area contributed by atoms with Crippen LogP contribution in [0.15, 0.2) is 36.4 Å². The van der Waals surface area contributed by atoms with Crippen molar-refractivity contribution in [3.05, 3.63) is 42.1 Å². The number of nitrogens with one attached hydrogen (secondary N) is 1. The number of amides is 3. The highest BCUT2D eigenvalue weighted by atomic mass is 16.6. The van der Waals surface area contributed by atoms with Gasteiger partial charge in [0.15, 0.2) is 5.82 Å². The van der Waals surface area contributed by atoms with Crippen molar-refractivity contribution in [3.63, 3.8) is 0 Å². The van der Waals surface area contributed by atoms with Gasteiger partial charge in [-0.25, -0.2) is 9.78 Å². The molecular weight excluding hydrogens is 544 g/mol. The second-order valence-corrected chi connectivity index (χ2v) is 10.4. The molecule has 0 radical (unpaired) electrons. The summed E-state index contributed by atoms with van der Waals surface area (Å²) in [7, 11) is 2.02. The smallest absolute Gasteiger partial charge is 0.409 e. The van der Waals surface area contributed by atoms with Crippen molar-refractivity contribution in [2.75, 3.05) is 52.9 Å². The Morgan fingerprint density at radius 3 is 2.43 bits per heavy atom. The minimum Gasteiger partial charge on any atom is -0.481 e. The summed E-state index contributed by atoms with van der Waals surface area (Å²) < 4.78 is 11.2. The number of likely N-dealkylation sites (N-methyl/N-ethyl adjacent to an activating group) is 1. The van der Waals surface area contributed by atoms with Gasteiger partial charge < -0.3 is 34.6 Å². The quantitative estimate of drug-likeness (QED) is 0.424. The topological polar surface area (TPSA) is 154 Å². The van der Waals surface area contributed by atoms with Crippen molar-refractivity contribution in [2.45, 2.75) is 44.8 Å². The van der Waals surface area contributed by atoms with Crippen molar-refractivity contribution in [1.82, 2.24) is 30.0 Å². The summed E-state index contributed by atoms with van der Waals surface area (Å²) in [5, 5.41) is 12.0. The molecule has 2 saturated heterocycles. The van der Waals surface area contributed by atoms with E-state index in [2.05, 4.69) is 20.2 Å². The van der Waals surface area contributed by atoms with Crippen LogP contribution in [0.4, 0.5) is 4.79 Å². The molecule has 4 rings (SSSR count). The van der Waals surface area contributed by atoms with Crippen molar-refractivity contribution < 1.29 is 33.8 Å². The fourth-order valence-electron chi connectivity index (χ4n) is 5.01. The van der Waals surface area contributed by atoms with Crippen LogP contribution in [0.3, 0.4) is 0 Å². The van der Waals surface area contributed by atoms with Gasteiger partial charge in [-0.1, -0.05) is 30.3 Å². The van der Waals surface area contributed by atoms with Crippen LogP contribution in [0.2, 0.25) is 0 Å². The second kappa shape index (κ2) is 14.6. The number of aromatic nitrogens is 2. The Balaban J connectivity index is 1.53. The predicted molar refractivity (Wildman–Crippen MR) is 152 cm³/mol. The maximum Gasteiger partial charge on any atom is 0.409 e. The van der Waals surface area contributed by atoms with Gasteiger partial charge in [-0.15, -0.1) is 0 Å². The Labute approximate surface area is 244 Å². The van der Waals surface area contributed by atoms with Gasteiger partial charge in [-0.05, 0) is 39.8 Å². The van der Waals surface area contributed by atoms with Crippen LogP contribution in [0.25, 0.3) is 11.4 Å². The molecule has 0 spiro atoms. The van der Waals surface area contributed by atoms with Crippen LogP contribution < -0.4 is 10.1 Å². The van der Waals surface area contributed by atoms with Crippen LogP contribution in [0.1, 0.15) is 43.1 Å². The SMILES string of the molecule is CCOC(=O)N1CCN(C(=O)C(CCC(=O)O)NC(=O)c2cc(O[C@H]3CCCN(C)C3)nc(-c3ccccc3)n2)CC1. The van der Waals surface area contributed by atoms with E-state index in [4.69, 9.17) is 9.47 Å². The highest BCUT2D eigenvalue weighted by Crippen LogP contribution is 2.22.